The van der Waals surface area contributed by atoms with Crippen molar-refractivity contribution >= 4 is 47.0 Å². The predicted molar refractivity (Wildman–Crippen MR) is 254 cm³/mol. The van der Waals surface area contributed by atoms with Crippen LogP contribution in [-0.4, -0.2) is 118 Å². The monoisotopic (exact) mass is 916 g/mol. The summed E-state index contributed by atoms with van der Waals surface area (Å²) in [5.41, 5.74) is 9.04. The molecule has 3 aliphatic rings. The standard InChI is InChI=1S/C51H64N8O8/c1-10-42(61)56-27-51(28-56)48(64)59(49(65)54-51)44(31(3)4)46(62)53-40(47(63)58-22-14-15-32(5)55-58)24-34-16-12-17-35(23-34)36-19-20-41-38(25-36)39(26-50(7,8)29-67-30-60)45(57(41)11-2)37-18-13-21-52-43(37)33(6)66-9/h10,12-13,16-21,23,25,30-33,40,44,55H,1,11,14-15,22,24,26-29H2,2-9H3,(H,53,62)(H,54,65)/t32-,33?,40?,44?/m1/s1. The molecule has 16 heteroatoms. The lowest BCUT2D eigenvalue weighted by Crippen LogP contribution is -2.72. The molecule has 1 spiro atoms. The fourth-order valence-corrected chi connectivity index (χ4v) is 9.86. The van der Waals surface area contributed by atoms with E-state index in [1.54, 1.807) is 32.2 Å². The number of likely N-dealkylation sites (tertiary alicyclic amines) is 1. The van der Waals surface area contributed by atoms with Crippen molar-refractivity contribution in [3.05, 3.63) is 90.3 Å². The average Bonchev–Trinajstić information content (AvgIpc) is 3.74. The van der Waals surface area contributed by atoms with Crippen LogP contribution in [0.15, 0.2) is 73.4 Å². The number of carbonyl (C=O) groups excluding carboxylic acids is 6. The summed E-state index contributed by atoms with van der Waals surface area (Å²) in [6.07, 6.45) is 5.02. The summed E-state index contributed by atoms with van der Waals surface area (Å²) >= 11 is 0. The number of benzene rings is 2. The van der Waals surface area contributed by atoms with Gasteiger partial charge >= 0.3 is 6.03 Å². The number of amides is 6. The zero-order chi connectivity index (χ0) is 48.4. The van der Waals surface area contributed by atoms with Gasteiger partial charge in [-0.3, -0.25) is 34.0 Å². The molecule has 4 aromatic rings. The first-order chi connectivity index (χ1) is 32.0. The Balaban J connectivity index is 1.24. The normalized spacial score (nSPS) is 18.4. The van der Waals surface area contributed by atoms with Crippen LogP contribution in [0.3, 0.4) is 0 Å². The molecule has 3 aliphatic heterocycles. The zero-order valence-electron chi connectivity index (χ0n) is 39.9. The highest BCUT2D eigenvalue weighted by molar-refractivity contribution is 6.12. The Hall–Kier alpha value is -6.39. The molecule has 5 heterocycles. The summed E-state index contributed by atoms with van der Waals surface area (Å²) in [5, 5.41) is 8.31. The molecule has 4 atom stereocenters. The first kappa shape index (κ1) is 48.5. The molecule has 16 nitrogen and oxygen atoms in total. The predicted octanol–water partition coefficient (Wildman–Crippen LogP) is 5.73. The summed E-state index contributed by atoms with van der Waals surface area (Å²) in [6, 6.07) is 15.3. The lowest BCUT2D eigenvalue weighted by Gasteiger charge is -2.45. The third-order valence-corrected chi connectivity index (χ3v) is 13.3. The number of carbonyl (C=O) groups is 6. The number of aryl methyl sites for hydroxylation is 1. The summed E-state index contributed by atoms with van der Waals surface area (Å²) in [7, 11) is 1.67. The van der Waals surface area contributed by atoms with Gasteiger partial charge < -0.3 is 29.6 Å². The minimum atomic E-state index is -1.33. The minimum absolute atomic E-state index is 0.0328. The second-order valence-electron chi connectivity index (χ2n) is 19.3. The fourth-order valence-electron chi connectivity index (χ4n) is 9.86. The molecule has 6 amide bonds. The van der Waals surface area contributed by atoms with Crippen molar-refractivity contribution in [1.29, 1.82) is 0 Å². The number of ether oxygens (including phenoxy) is 2. The molecule has 67 heavy (non-hydrogen) atoms. The lowest BCUT2D eigenvalue weighted by atomic mass is 9.84. The van der Waals surface area contributed by atoms with E-state index in [2.05, 4.69) is 72.2 Å². The number of imide groups is 1. The number of hydrazine groups is 1. The van der Waals surface area contributed by atoms with Gasteiger partial charge in [-0.05, 0) is 98.5 Å². The van der Waals surface area contributed by atoms with E-state index in [0.717, 1.165) is 73.9 Å². The van der Waals surface area contributed by atoms with E-state index < -0.39 is 46.8 Å². The van der Waals surface area contributed by atoms with Gasteiger partial charge in [0, 0.05) is 60.7 Å². The second-order valence-corrected chi connectivity index (χ2v) is 19.3. The molecule has 3 fully saturated rings. The molecule has 0 saturated carbocycles. The number of methoxy groups -OCH3 is 1. The van der Waals surface area contributed by atoms with Crippen molar-refractivity contribution in [2.45, 2.75) is 110 Å². The van der Waals surface area contributed by atoms with Crippen LogP contribution < -0.4 is 16.1 Å². The number of nitrogens with zero attached hydrogens (tertiary/aromatic N) is 5. The van der Waals surface area contributed by atoms with Crippen LogP contribution >= 0.6 is 0 Å². The molecule has 2 aromatic carbocycles. The number of nitrogens with one attached hydrogen (secondary N) is 3. The smallest absolute Gasteiger partial charge is 0.325 e. The third kappa shape index (κ3) is 9.73. The number of hydrogen-bond acceptors (Lipinski definition) is 10. The number of hydrogen-bond donors (Lipinski definition) is 3. The molecule has 3 unspecified atom stereocenters. The van der Waals surface area contributed by atoms with Gasteiger partial charge in [-0.1, -0.05) is 64.6 Å². The van der Waals surface area contributed by atoms with Gasteiger partial charge in [0.1, 0.15) is 12.1 Å². The van der Waals surface area contributed by atoms with Gasteiger partial charge in [0.15, 0.2) is 5.54 Å². The van der Waals surface area contributed by atoms with Gasteiger partial charge in [-0.2, -0.15) is 0 Å². The topological polar surface area (TPSA) is 185 Å². The van der Waals surface area contributed by atoms with Crippen molar-refractivity contribution in [1.82, 2.24) is 40.4 Å². The largest absolute Gasteiger partial charge is 0.467 e. The summed E-state index contributed by atoms with van der Waals surface area (Å²) in [5.74, 6) is -2.44. The van der Waals surface area contributed by atoms with Crippen molar-refractivity contribution in [2.75, 3.05) is 33.4 Å². The summed E-state index contributed by atoms with van der Waals surface area (Å²) in [4.78, 5) is 87.2. The Morgan fingerprint density at radius 3 is 2.48 bits per heavy atom. The van der Waals surface area contributed by atoms with Gasteiger partial charge in [-0.25, -0.2) is 15.1 Å². The number of fused-ring (bicyclic) bond motifs is 1. The average molecular weight is 917 g/mol. The van der Waals surface area contributed by atoms with Crippen molar-refractivity contribution in [2.24, 2.45) is 11.3 Å². The molecule has 7 rings (SSSR count). The minimum Gasteiger partial charge on any atom is -0.467 e. The number of pyridine rings is 1. The van der Waals surface area contributed by atoms with E-state index in [4.69, 9.17) is 14.5 Å². The van der Waals surface area contributed by atoms with Crippen LogP contribution in [0.1, 0.15) is 84.2 Å². The first-order valence-corrected chi connectivity index (χ1v) is 23.2. The quantitative estimate of drug-likeness (QED) is 0.0634. The van der Waals surface area contributed by atoms with Crippen LogP contribution in [0.25, 0.3) is 33.3 Å². The maximum absolute atomic E-state index is 14.5. The van der Waals surface area contributed by atoms with Crippen LogP contribution in [0.4, 0.5) is 4.79 Å². The molecule has 3 saturated heterocycles. The molecule has 2 aromatic heterocycles. The highest BCUT2D eigenvalue weighted by atomic mass is 16.5. The van der Waals surface area contributed by atoms with E-state index in [9.17, 15) is 28.8 Å². The van der Waals surface area contributed by atoms with Crippen LogP contribution in [0, 0.1) is 11.3 Å². The van der Waals surface area contributed by atoms with E-state index in [-0.39, 0.29) is 50.1 Å². The Labute approximate surface area is 392 Å². The molecule has 3 N–H and O–H groups in total. The molecular weight excluding hydrogens is 853 g/mol. The zero-order valence-corrected chi connectivity index (χ0v) is 39.9. The van der Waals surface area contributed by atoms with E-state index in [1.165, 1.54) is 4.90 Å². The lowest BCUT2D eigenvalue weighted by molar-refractivity contribution is -0.149. The number of rotatable bonds is 18. The molecular formula is C51H64N8O8. The van der Waals surface area contributed by atoms with E-state index in [0.29, 0.717) is 26.0 Å². The third-order valence-electron chi connectivity index (χ3n) is 13.3. The Kier molecular flexibility index (Phi) is 14.4. The Morgan fingerprint density at radius 2 is 1.81 bits per heavy atom. The highest BCUT2D eigenvalue weighted by Crippen LogP contribution is 2.42. The van der Waals surface area contributed by atoms with Gasteiger partial charge in [-0.15, -0.1) is 0 Å². The first-order valence-electron chi connectivity index (χ1n) is 23.2. The van der Waals surface area contributed by atoms with Crippen molar-refractivity contribution < 1.29 is 38.2 Å². The molecule has 0 bridgehead atoms. The molecule has 0 aliphatic carbocycles. The Morgan fingerprint density at radius 1 is 1.06 bits per heavy atom. The van der Waals surface area contributed by atoms with Crippen LogP contribution in [0.2, 0.25) is 0 Å². The SMILES string of the molecule is C=CC(=O)N1CC2(C1)NC(=O)N(C(C(=O)NC(Cc1cccc(-c3ccc4c(c3)c(CC(C)(C)COC=O)c(-c3cccnc3C(C)OC)n4CC)c1)C(=O)N1CCC[C@@H](C)N1)C(C)C)C2=O. The molecule has 0 radical (unpaired) electrons. The fraction of sp³-hybridized carbons (Fsp3) is 0.471. The highest BCUT2D eigenvalue weighted by Gasteiger charge is 2.61. The maximum atomic E-state index is 14.5. The van der Waals surface area contributed by atoms with Crippen LogP contribution in [-0.2, 0) is 52.8 Å². The molecule has 356 valence electrons. The van der Waals surface area contributed by atoms with Crippen LogP contribution in [0.5, 0.6) is 0 Å². The maximum Gasteiger partial charge on any atom is 0.325 e. The number of aromatic nitrogens is 2. The summed E-state index contributed by atoms with van der Waals surface area (Å²) < 4.78 is 13.4. The number of urea groups is 1. The van der Waals surface area contributed by atoms with Gasteiger partial charge in [0.05, 0.1) is 37.2 Å². The Bertz CT molecular complexity index is 2560. The van der Waals surface area contributed by atoms with E-state index in [1.807, 2.05) is 44.2 Å². The second kappa shape index (κ2) is 19.8. The van der Waals surface area contributed by atoms with Gasteiger partial charge in [0.2, 0.25) is 11.8 Å². The van der Waals surface area contributed by atoms with Crippen molar-refractivity contribution in [3.63, 3.8) is 0 Å². The van der Waals surface area contributed by atoms with E-state index >= 15 is 0 Å². The summed E-state index contributed by atoms with van der Waals surface area (Å²) in [6.45, 7) is 19.0. The van der Waals surface area contributed by atoms with Gasteiger partial charge in [0.25, 0.3) is 18.3 Å². The van der Waals surface area contributed by atoms with Crippen molar-refractivity contribution in [3.8, 4) is 22.4 Å².